The highest BCUT2D eigenvalue weighted by molar-refractivity contribution is 8.27. The molecule has 1 amide bonds. The predicted octanol–water partition coefficient (Wildman–Crippen LogP) is 6.07. The number of hydrogen-bond donors (Lipinski definition) is 1. The molecule has 3 heterocycles. The van der Waals surface area contributed by atoms with Crippen molar-refractivity contribution >= 4 is 63.0 Å². The Morgan fingerprint density at radius 2 is 1.82 bits per heavy atom. The lowest BCUT2D eigenvalue weighted by Gasteiger charge is -2.20. The van der Waals surface area contributed by atoms with Gasteiger partial charge in [0.25, 0.3) is 5.91 Å². The second-order valence-electron chi connectivity index (χ2n) is 7.55. The van der Waals surface area contributed by atoms with Gasteiger partial charge in [0.05, 0.1) is 16.3 Å². The van der Waals surface area contributed by atoms with E-state index in [0.29, 0.717) is 20.3 Å². The fourth-order valence-corrected chi connectivity index (χ4v) is 5.07. The molecule has 1 aromatic heterocycles. The van der Waals surface area contributed by atoms with Crippen LogP contribution < -0.4 is 0 Å². The number of carbonyl (C=O) groups is 1. The molecule has 2 aliphatic rings. The van der Waals surface area contributed by atoms with Crippen LogP contribution in [0.25, 0.3) is 11.8 Å². The Labute approximate surface area is 204 Å². The smallest absolute Gasteiger partial charge is 0.283 e. The molecule has 0 unspecified atom stereocenters. The molecule has 0 spiro atoms. The number of aromatic nitrogens is 1. The van der Waals surface area contributed by atoms with Crippen molar-refractivity contribution in [3.05, 3.63) is 92.7 Å². The van der Waals surface area contributed by atoms with Gasteiger partial charge in [-0.1, -0.05) is 53.5 Å². The first-order chi connectivity index (χ1) is 15.8. The molecule has 3 aromatic rings. The molecule has 2 aliphatic heterocycles. The van der Waals surface area contributed by atoms with Crippen LogP contribution in [0.1, 0.15) is 22.5 Å². The molecule has 0 radical (unpaired) electrons. The van der Waals surface area contributed by atoms with Crippen molar-refractivity contribution in [2.75, 3.05) is 0 Å². The van der Waals surface area contributed by atoms with Gasteiger partial charge < -0.3 is 4.57 Å². The number of benzene rings is 2. The van der Waals surface area contributed by atoms with Crippen molar-refractivity contribution in [2.45, 2.75) is 13.8 Å². The first kappa shape index (κ1) is 21.7. The van der Waals surface area contributed by atoms with E-state index in [4.69, 9.17) is 28.6 Å². The molecule has 0 saturated carbocycles. The molecule has 0 saturated heterocycles. The van der Waals surface area contributed by atoms with E-state index in [1.165, 1.54) is 16.8 Å². The summed E-state index contributed by atoms with van der Waals surface area (Å²) >= 11 is 13.9. The number of aryl methyl sites for hydroxylation is 1. The number of halogens is 2. The minimum Gasteiger partial charge on any atom is -0.316 e. The highest BCUT2D eigenvalue weighted by atomic mass is 35.5. The lowest BCUT2D eigenvalue weighted by molar-refractivity contribution is -0.114. The summed E-state index contributed by atoms with van der Waals surface area (Å²) in [6.45, 7) is 3.88. The number of amides is 1. The normalized spacial score (nSPS) is 16.8. The fraction of sp³-hybridized carbons (Fsp3) is 0.0833. The molecular formula is C24H17Cl2N5OS. The monoisotopic (exact) mass is 493 g/mol. The van der Waals surface area contributed by atoms with Gasteiger partial charge in [0.2, 0.25) is 5.17 Å². The minimum atomic E-state index is -0.464. The summed E-state index contributed by atoms with van der Waals surface area (Å²) in [7, 11) is 0. The summed E-state index contributed by atoms with van der Waals surface area (Å²) in [4.78, 5) is 17.0. The highest BCUT2D eigenvalue weighted by Gasteiger charge is 2.36. The molecule has 1 N–H and O–H groups in total. The van der Waals surface area contributed by atoms with Crippen LogP contribution in [0.3, 0.4) is 0 Å². The van der Waals surface area contributed by atoms with Gasteiger partial charge in [-0.3, -0.25) is 10.2 Å². The van der Waals surface area contributed by atoms with Crippen LogP contribution >= 0.6 is 35.0 Å². The van der Waals surface area contributed by atoms with Crippen molar-refractivity contribution in [1.82, 2.24) is 9.58 Å². The average Bonchev–Trinajstić information content (AvgIpc) is 3.34. The van der Waals surface area contributed by atoms with Crippen molar-refractivity contribution in [2.24, 2.45) is 10.1 Å². The summed E-state index contributed by atoms with van der Waals surface area (Å²) in [5.41, 5.74) is 4.41. The number of fused-ring (bicyclic) bond motifs is 1. The third-order valence-corrected chi connectivity index (χ3v) is 6.91. The topological polar surface area (TPSA) is 73.8 Å². The number of thioether (sulfide) groups is 1. The first-order valence-corrected chi connectivity index (χ1v) is 11.6. The van der Waals surface area contributed by atoms with E-state index in [1.54, 1.807) is 24.3 Å². The molecule has 33 heavy (non-hydrogen) atoms. The molecule has 2 aromatic carbocycles. The van der Waals surface area contributed by atoms with Gasteiger partial charge in [-0.05, 0) is 61.5 Å². The number of aliphatic imine (C=N–C) groups is 1. The Bertz CT molecular complexity index is 1420. The number of carbonyl (C=O) groups excluding carboxylic acids is 1. The molecule has 9 heteroatoms. The van der Waals surface area contributed by atoms with Gasteiger partial charge in [0.1, 0.15) is 5.04 Å². The van der Waals surface area contributed by atoms with E-state index in [-0.39, 0.29) is 11.4 Å². The third-order valence-electron chi connectivity index (χ3n) is 5.39. The number of rotatable bonds is 3. The van der Waals surface area contributed by atoms with Crippen LogP contribution in [-0.4, -0.2) is 31.5 Å². The quantitative estimate of drug-likeness (QED) is 0.450. The zero-order valence-electron chi connectivity index (χ0n) is 17.6. The number of amidine groups is 2. The van der Waals surface area contributed by atoms with Crippen molar-refractivity contribution in [3.63, 3.8) is 0 Å². The Morgan fingerprint density at radius 1 is 1.06 bits per heavy atom. The average molecular weight is 494 g/mol. The molecule has 0 fully saturated rings. The highest BCUT2D eigenvalue weighted by Crippen LogP contribution is 2.33. The van der Waals surface area contributed by atoms with E-state index >= 15 is 0 Å². The lowest BCUT2D eigenvalue weighted by Crippen LogP contribution is -2.35. The summed E-state index contributed by atoms with van der Waals surface area (Å²) in [5.74, 6) is -0.470. The Hall–Kier alpha value is -3.13. The summed E-state index contributed by atoms with van der Waals surface area (Å²) in [5, 5.41) is 16.8. The molecular weight excluding hydrogens is 477 g/mol. The molecule has 0 bridgehead atoms. The standard InChI is InChI=1S/C24H17Cl2N5OS/c1-13-10-16(14(2)30(13)20-12-17(25)8-9-19(20)26)11-18-21(27)31-24(28-22(18)32)33-23(29-31)15-6-4-3-5-7-15/h3-12,27H,1-2H3/b18-11-,27-21?. The zero-order valence-corrected chi connectivity index (χ0v) is 20.0. The lowest BCUT2D eigenvalue weighted by atomic mass is 10.1. The molecule has 5 rings (SSSR count). The maximum atomic E-state index is 12.8. The van der Waals surface area contributed by atoms with E-state index in [2.05, 4.69) is 10.1 Å². The predicted molar refractivity (Wildman–Crippen MR) is 136 cm³/mol. The van der Waals surface area contributed by atoms with Gasteiger partial charge in [-0.15, -0.1) is 0 Å². The van der Waals surface area contributed by atoms with Crippen molar-refractivity contribution < 1.29 is 4.79 Å². The second-order valence-corrected chi connectivity index (χ2v) is 9.35. The maximum Gasteiger partial charge on any atom is 0.283 e. The summed E-state index contributed by atoms with van der Waals surface area (Å²) in [6, 6.07) is 16.9. The van der Waals surface area contributed by atoms with Crippen molar-refractivity contribution in [3.8, 4) is 5.69 Å². The van der Waals surface area contributed by atoms with Crippen LogP contribution in [0.15, 0.2) is 70.3 Å². The SMILES string of the molecule is Cc1cc(/C=C2/C(=N)N3N=C(c4ccccc4)SC3=NC2=O)c(C)n1-c1cc(Cl)ccc1Cl. The third kappa shape index (κ3) is 3.82. The number of nitrogens with zero attached hydrogens (tertiary/aromatic N) is 4. The van der Waals surface area contributed by atoms with Crippen molar-refractivity contribution in [1.29, 1.82) is 5.41 Å². The Balaban J connectivity index is 1.54. The van der Waals surface area contributed by atoms with Gasteiger partial charge in [0.15, 0.2) is 5.84 Å². The minimum absolute atomic E-state index is 0.00554. The van der Waals surface area contributed by atoms with E-state index < -0.39 is 5.91 Å². The first-order valence-electron chi connectivity index (χ1n) is 10.0. The van der Waals surface area contributed by atoms with E-state index in [9.17, 15) is 4.79 Å². The van der Waals surface area contributed by atoms with Gasteiger partial charge in [-0.2, -0.15) is 15.1 Å². The van der Waals surface area contributed by atoms with Crippen LogP contribution in [0, 0.1) is 19.3 Å². The van der Waals surface area contributed by atoms with Crippen LogP contribution in [0.2, 0.25) is 10.0 Å². The fourth-order valence-electron chi connectivity index (χ4n) is 3.81. The maximum absolute atomic E-state index is 12.8. The van der Waals surface area contributed by atoms with Gasteiger partial charge >= 0.3 is 0 Å². The molecule has 0 aliphatic carbocycles. The number of hydrogen-bond acceptors (Lipinski definition) is 4. The summed E-state index contributed by atoms with van der Waals surface area (Å²) in [6.07, 6.45) is 1.68. The molecule has 164 valence electrons. The zero-order chi connectivity index (χ0) is 23.3. The molecule has 0 atom stereocenters. The Morgan fingerprint density at radius 3 is 2.58 bits per heavy atom. The Kier molecular flexibility index (Phi) is 5.48. The van der Waals surface area contributed by atoms with E-state index in [0.717, 1.165) is 28.2 Å². The van der Waals surface area contributed by atoms with Crippen LogP contribution in [0.5, 0.6) is 0 Å². The van der Waals surface area contributed by atoms with Crippen LogP contribution in [0.4, 0.5) is 0 Å². The van der Waals surface area contributed by atoms with E-state index in [1.807, 2.05) is 54.8 Å². The number of nitrogens with one attached hydrogen (secondary N) is 1. The van der Waals surface area contributed by atoms with Gasteiger partial charge in [-0.25, -0.2) is 0 Å². The van der Waals surface area contributed by atoms with Gasteiger partial charge in [0, 0.05) is 22.0 Å². The van der Waals surface area contributed by atoms with Crippen LogP contribution in [-0.2, 0) is 4.79 Å². The second kappa shape index (κ2) is 8.33. The molecule has 6 nitrogen and oxygen atoms in total. The number of hydrazone groups is 1. The largest absolute Gasteiger partial charge is 0.316 e. The summed E-state index contributed by atoms with van der Waals surface area (Å²) < 4.78 is 1.98.